The van der Waals surface area contributed by atoms with E-state index in [1.165, 1.54) is 6.07 Å². The Labute approximate surface area is 224 Å². The molecule has 0 aliphatic carbocycles. The van der Waals surface area contributed by atoms with E-state index in [9.17, 15) is 13.2 Å². The molecule has 3 nitrogen and oxygen atoms in total. The SMILES string of the molecule is Nc1ccc2c(c1)c(-c1cccc(C(F)(F)F)c1)nn2C(c1ccccc1)(c1ccccc1)c1ccccc1. The first-order valence-electron chi connectivity index (χ1n) is 12.5. The maximum atomic E-state index is 13.7. The van der Waals surface area contributed by atoms with E-state index in [2.05, 4.69) is 36.4 Å². The van der Waals surface area contributed by atoms with E-state index in [0.717, 1.165) is 34.3 Å². The van der Waals surface area contributed by atoms with E-state index < -0.39 is 17.3 Å². The van der Waals surface area contributed by atoms with Crippen molar-refractivity contribution in [3.05, 3.63) is 156 Å². The molecule has 1 aromatic heterocycles. The maximum absolute atomic E-state index is 13.7. The largest absolute Gasteiger partial charge is 0.416 e. The van der Waals surface area contributed by atoms with Gasteiger partial charge in [0.05, 0.1) is 11.1 Å². The number of benzene rings is 5. The number of fused-ring (bicyclic) bond motifs is 1. The molecule has 2 N–H and O–H groups in total. The number of nitrogens with two attached hydrogens (primary N) is 1. The number of aromatic nitrogens is 2. The van der Waals surface area contributed by atoms with E-state index in [1.807, 2.05) is 65.3 Å². The molecule has 1 heterocycles. The van der Waals surface area contributed by atoms with Crippen molar-refractivity contribution in [2.75, 3.05) is 5.73 Å². The number of rotatable bonds is 5. The van der Waals surface area contributed by atoms with Crippen LogP contribution in [0.4, 0.5) is 18.9 Å². The minimum absolute atomic E-state index is 0.363. The van der Waals surface area contributed by atoms with Crippen molar-refractivity contribution in [2.45, 2.75) is 11.7 Å². The van der Waals surface area contributed by atoms with Crippen molar-refractivity contribution in [1.29, 1.82) is 0 Å². The minimum Gasteiger partial charge on any atom is -0.399 e. The van der Waals surface area contributed by atoms with Crippen LogP contribution in [0.1, 0.15) is 22.3 Å². The third-order valence-electron chi connectivity index (χ3n) is 7.06. The standard InChI is InChI=1S/C33H24F3N3/c34-33(35,36)27-18-10-11-23(21-27)31-29-22-28(37)19-20-30(29)39(38-31)32(24-12-4-1-5-13-24,25-14-6-2-7-15-25)26-16-8-3-9-17-26/h1-22H,37H2. The Balaban J connectivity index is 1.76. The van der Waals surface area contributed by atoms with Crippen molar-refractivity contribution < 1.29 is 13.2 Å². The molecule has 0 saturated heterocycles. The molecule has 0 amide bonds. The number of hydrogen-bond donors (Lipinski definition) is 1. The summed E-state index contributed by atoms with van der Waals surface area (Å²) in [6.45, 7) is 0. The zero-order chi connectivity index (χ0) is 27.0. The van der Waals surface area contributed by atoms with Gasteiger partial charge in [-0.1, -0.05) is 103 Å². The number of hydrogen-bond acceptors (Lipinski definition) is 2. The monoisotopic (exact) mass is 519 g/mol. The average molecular weight is 520 g/mol. The Bertz CT molecular complexity index is 1650. The van der Waals surface area contributed by atoms with Crippen LogP contribution in [-0.2, 0) is 11.7 Å². The van der Waals surface area contributed by atoms with E-state index >= 15 is 0 Å². The highest BCUT2D eigenvalue weighted by molar-refractivity contribution is 5.96. The van der Waals surface area contributed by atoms with Crippen LogP contribution in [0.15, 0.2) is 133 Å². The fourth-order valence-electron chi connectivity index (χ4n) is 5.35. The highest BCUT2D eigenvalue weighted by Gasteiger charge is 2.41. The summed E-state index contributed by atoms with van der Waals surface area (Å²) in [5.41, 5.74) is 9.45. The van der Waals surface area contributed by atoms with Crippen LogP contribution in [0.25, 0.3) is 22.2 Å². The summed E-state index contributed by atoms with van der Waals surface area (Å²) in [7, 11) is 0. The average Bonchev–Trinajstić information content (AvgIpc) is 3.34. The molecule has 6 heteroatoms. The molecule has 0 aliphatic heterocycles. The topological polar surface area (TPSA) is 43.8 Å². The lowest BCUT2D eigenvalue weighted by Gasteiger charge is -2.37. The summed E-state index contributed by atoms with van der Waals surface area (Å²) in [6, 6.07) is 40.8. The van der Waals surface area contributed by atoms with Gasteiger partial charge in [-0.25, -0.2) is 4.68 Å². The number of anilines is 1. The van der Waals surface area contributed by atoms with Crippen LogP contribution in [-0.4, -0.2) is 9.78 Å². The summed E-state index contributed by atoms with van der Waals surface area (Å²) in [5.74, 6) is 0. The van der Waals surface area contributed by atoms with Gasteiger partial charge in [-0.2, -0.15) is 18.3 Å². The van der Waals surface area contributed by atoms with Crippen LogP contribution in [0.2, 0.25) is 0 Å². The Morgan fingerprint density at radius 2 is 1.08 bits per heavy atom. The normalized spacial score (nSPS) is 12.1. The van der Waals surface area contributed by atoms with Crippen molar-refractivity contribution in [3.63, 3.8) is 0 Å². The Hall–Kier alpha value is -4.84. The molecular formula is C33H24F3N3. The zero-order valence-electron chi connectivity index (χ0n) is 20.8. The van der Waals surface area contributed by atoms with E-state index in [4.69, 9.17) is 10.8 Å². The first-order chi connectivity index (χ1) is 18.9. The van der Waals surface area contributed by atoms with Crippen molar-refractivity contribution in [3.8, 4) is 11.3 Å². The predicted molar refractivity (Wildman–Crippen MR) is 149 cm³/mol. The van der Waals surface area contributed by atoms with Gasteiger partial charge >= 0.3 is 6.18 Å². The van der Waals surface area contributed by atoms with Crippen molar-refractivity contribution >= 4 is 16.6 Å². The lowest BCUT2D eigenvalue weighted by molar-refractivity contribution is -0.137. The second kappa shape index (κ2) is 9.48. The Kier molecular flexibility index (Phi) is 5.95. The number of alkyl halides is 3. The Morgan fingerprint density at radius 1 is 0.564 bits per heavy atom. The summed E-state index contributed by atoms with van der Waals surface area (Å²) in [6.07, 6.45) is -4.48. The summed E-state index contributed by atoms with van der Waals surface area (Å²) in [4.78, 5) is 0. The van der Waals surface area contributed by atoms with Crippen LogP contribution in [0, 0.1) is 0 Å². The summed E-state index contributed by atoms with van der Waals surface area (Å²) in [5, 5.41) is 5.79. The fourth-order valence-corrected chi connectivity index (χ4v) is 5.35. The molecule has 0 spiro atoms. The number of nitrogen functional groups attached to an aromatic ring is 1. The molecule has 192 valence electrons. The third-order valence-corrected chi connectivity index (χ3v) is 7.06. The van der Waals surface area contributed by atoms with Gasteiger partial charge in [0.25, 0.3) is 0 Å². The second-order valence-corrected chi connectivity index (χ2v) is 9.42. The van der Waals surface area contributed by atoms with Crippen molar-refractivity contribution in [1.82, 2.24) is 9.78 Å². The lowest BCUT2D eigenvalue weighted by atomic mass is 9.77. The molecule has 0 fully saturated rings. The first kappa shape index (κ1) is 24.5. The summed E-state index contributed by atoms with van der Waals surface area (Å²) >= 11 is 0. The van der Waals surface area contributed by atoms with Gasteiger partial charge in [-0.05, 0) is 47.0 Å². The second-order valence-electron chi connectivity index (χ2n) is 9.42. The molecule has 0 bridgehead atoms. The maximum Gasteiger partial charge on any atom is 0.416 e. The van der Waals surface area contributed by atoms with E-state index in [-0.39, 0.29) is 0 Å². The molecule has 0 unspecified atom stereocenters. The highest BCUT2D eigenvalue weighted by Crippen LogP contribution is 2.44. The first-order valence-corrected chi connectivity index (χ1v) is 12.5. The van der Waals surface area contributed by atoms with Gasteiger partial charge in [0.15, 0.2) is 0 Å². The highest BCUT2D eigenvalue weighted by atomic mass is 19.4. The molecule has 6 aromatic rings. The third kappa shape index (κ3) is 4.14. The molecule has 0 atom stereocenters. The lowest BCUT2D eigenvalue weighted by Crippen LogP contribution is -2.38. The molecule has 0 radical (unpaired) electrons. The molecule has 0 aliphatic rings. The predicted octanol–water partition coefficient (Wildman–Crippen LogP) is 8.14. The fraction of sp³-hybridized carbons (Fsp3) is 0.0606. The van der Waals surface area contributed by atoms with E-state index in [0.29, 0.717) is 22.3 Å². The molecular weight excluding hydrogens is 495 g/mol. The van der Waals surface area contributed by atoms with Gasteiger partial charge in [0.1, 0.15) is 11.2 Å². The smallest absolute Gasteiger partial charge is 0.399 e. The van der Waals surface area contributed by atoms with Gasteiger partial charge in [-0.15, -0.1) is 0 Å². The Morgan fingerprint density at radius 3 is 1.59 bits per heavy atom. The van der Waals surface area contributed by atoms with Gasteiger partial charge < -0.3 is 5.73 Å². The minimum atomic E-state index is -4.48. The van der Waals surface area contributed by atoms with Gasteiger partial charge in [-0.3, -0.25) is 0 Å². The van der Waals surface area contributed by atoms with Gasteiger partial charge in [0, 0.05) is 16.6 Å². The molecule has 39 heavy (non-hydrogen) atoms. The molecule has 6 rings (SSSR count). The van der Waals surface area contributed by atoms with Crippen molar-refractivity contribution in [2.24, 2.45) is 0 Å². The van der Waals surface area contributed by atoms with Crippen LogP contribution in [0.5, 0.6) is 0 Å². The molecule has 0 saturated carbocycles. The van der Waals surface area contributed by atoms with E-state index in [1.54, 1.807) is 18.2 Å². The number of halogens is 3. The zero-order valence-corrected chi connectivity index (χ0v) is 20.8. The quantitative estimate of drug-likeness (QED) is 0.185. The summed E-state index contributed by atoms with van der Waals surface area (Å²) < 4.78 is 43.0. The number of nitrogens with zero attached hydrogens (tertiary/aromatic N) is 2. The van der Waals surface area contributed by atoms with Crippen LogP contribution in [0.3, 0.4) is 0 Å². The van der Waals surface area contributed by atoms with Crippen LogP contribution < -0.4 is 5.73 Å². The molecule has 5 aromatic carbocycles. The van der Waals surface area contributed by atoms with Gasteiger partial charge in [0.2, 0.25) is 0 Å². The van der Waals surface area contributed by atoms with Crippen LogP contribution >= 0.6 is 0 Å².